The first-order valence-electron chi connectivity index (χ1n) is 16.5. The molecule has 5 nitrogen and oxygen atoms in total. The van der Waals surface area contributed by atoms with Crippen molar-refractivity contribution in [3.05, 3.63) is 132 Å². The topological polar surface area (TPSA) is 44.9 Å². The molecule has 0 amide bonds. The van der Waals surface area contributed by atoms with Crippen LogP contribution in [0.15, 0.2) is 97.5 Å². The summed E-state index contributed by atoms with van der Waals surface area (Å²) < 4.78 is 10.4. The number of ether oxygens (including phenoxy) is 1. The standard InChI is InChI=1S/C42H40N4O.Pt/c1-27(2)18-31-21-30(6)42(32(22-31)19-28(3)4)33-25-44-45(26-33)34-10-9-11-35(23-34)47-36-14-15-38-37-12-7-8-13-39(37)46(40(38)24-36)41-20-29(5)16-17-43-41;/h7-17,20-22,25-28H,18-19H2,1-6H3;/q-2;+2. The van der Waals surface area contributed by atoms with Crippen LogP contribution in [0.2, 0.25) is 0 Å². The van der Waals surface area contributed by atoms with Crippen molar-refractivity contribution in [2.75, 3.05) is 0 Å². The molecule has 0 aliphatic rings. The number of nitrogens with zero attached hydrogens (tertiary/aromatic N) is 4. The molecular weight excluding hydrogens is 772 g/mol. The van der Waals surface area contributed by atoms with E-state index in [1.807, 2.05) is 47.4 Å². The van der Waals surface area contributed by atoms with Gasteiger partial charge in [-0.15, -0.1) is 35.7 Å². The molecule has 0 spiro atoms. The van der Waals surface area contributed by atoms with Gasteiger partial charge in [-0.1, -0.05) is 63.5 Å². The van der Waals surface area contributed by atoms with Crippen LogP contribution >= 0.6 is 0 Å². The number of rotatable bonds is 9. The fourth-order valence-corrected chi connectivity index (χ4v) is 6.69. The van der Waals surface area contributed by atoms with Gasteiger partial charge >= 0.3 is 21.1 Å². The molecule has 0 atom stereocenters. The average Bonchev–Trinajstić information content (AvgIpc) is 3.63. The maximum Gasteiger partial charge on any atom is 2.00 e. The Morgan fingerprint density at radius 3 is 2.38 bits per heavy atom. The molecule has 0 saturated carbocycles. The summed E-state index contributed by atoms with van der Waals surface area (Å²) in [5.41, 5.74) is 10.5. The van der Waals surface area contributed by atoms with E-state index in [-0.39, 0.29) is 21.1 Å². The molecule has 0 saturated heterocycles. The molecule has 0 aliphatic heterocycles. The summed E-state index contributed by atoms with van der Waals surface area (Å²) in [6.45, 7) is 13.4. The Labute approximate surface area is 297 Å². The zero-order valence-corrected chi connectivity index (χ0v) is 30.6. The Bertz CT molecular complexity index is 2230. The minimum Gasteiger partial charge on any atom is -0.509 e. The van der Waals surface area contributed by atoms with Crippen molar-refractivity contribution in [2.45, 2.75) is 54.4 Å². The van der Waals surface area contributed by atoms with Gasteiger partial charge in [0.1, 0.15) is 5.82 Å². The van der Waals surface area contributed by atoms with E-state index in [1.54, 1.807) is 0 Å². The molecule has 6 heteroatoms. The Kier molecular flexibility index (Phi) is 9.71. The maximum atomic E-state index is 6.39. The Hall–Kier alpha value is -4.47. The summed E-state index contributed by atoms with van der Waals surface area (Å²) in [6, 6.07) is 34.2. The van der Waals surface area contributed by atoms with Gasteiger partial charge in [0, 0.05) is 35.0 Å². The van der Waals surface area contributed by atoms with E-state index >= 15 is 0 Å². The molecule has 0 unspecified atom stereocenters. The molecule has 0 bridgehead atoms. The van der Waals surface area contributed by atoms with Gasteiger partial charge in [0.25, 0.3) is 0 Å². The smallest absolute Gasteiger partial charge is 0.509 e. The summed E-state index contributed by atoms with van der Waals surface area (Å²) in [5, 5.41) is 7.02. The maximum absolute atomic E-state index is 6.39. The Morgan fingerprint density at radius 1 is 0.792 bits per heavy atom. The van der Waals surface area contributed by atoms with Crippen LogP contribution in [0.4, 0.5) is 0 Å². The minimum atomic E-state index is 0. The molecule has 0 aliphatic carbocycles. The van der Waals surface area contributed by atoms with E-state index in [2.05, 4.69) is 113 Å². The zero-order valence-electron chi connectivity index (χ0n) is 28.3. The molecule has 3 aromatic heterocycles. The molecule has 7 aromatic rings. The minimum absolute atomic E-state index is 0. The summed E-state index contributed by atoms with van der Waals surface area (Å²) in [7, 11) is 0. The summed E-state index contributed by atoms with van der Waals surface area (Å²) >= 11 is 0. The van der Waals surface area contributed by atoms with Crippen molar-refractivity contribution in [1.82, 2.24) is 19.3 Å². The molecule has 0 fully saturated rings. The molecule has 48 heavy (non-hydrogen) atoms. The van der Waals surface area contributed by atoms with Crippen LogP contribution in [-0.4, -0.2) is 19.3 Å². The number of pyridine rings is 1. The van der Waals surface area contributed by atoms with Gasteiger partial charge in [0.05, 0.1) is 6.20 Å². The zero-order chi connectivity index (χ0) is 32.7. The third-order valence-electron chi connectivity index (χ3n) is 8.53. The number of para-hydroxylation sites is 1. The fraction of sp³-hybridized carbons (Fsp3) is 0.238. The molecule has 0 N–H and O–H groups in total. The van der Waals surface area contributed by atoms with Crippen molar-refractivity contribution >= 4 is 21.8 Å². The van der Waals surface area contributed by atoms with E-state index < -0.39 is 0 Å². The van der Waals surface area contributed by atoms with Crippen molar-refractivity contribution in [2.24, 2.45) is 11.8 Å². The van der Waals surface area contributed by atoms with Gasteiger partial charge in [-0.2, -0.15) is 17.2 Å². The quantitative estimate of drug-likeness (QED) is 0.136. The molecule has 0 radical (unpaired) electrons. The molecule has 3 heterocycles. The number of hydrogen-bond donors (Lipinski definition) is 0. The van der Waals surface area contributed by atoms with Gasteiger partial charge in [0.15, 0.2) is 0 Å². The first-order valence-corrected chi connectivity index (χ1v) is 16.5. The average molecular weight is 812 g/mol. The largest absolute Gasteiger partial charge is 2.00 e. The van der Waals surface area contributed by atoms with Gasteiger partial charge in [-0.3, -0.25) is 4.68 Å². The Morgan fingerprint density at radius 2 is 1.58 bits per heavy atom. The van der Waals surface area contributed by atoms with Gasteiger partial charge < -0.3 is 9.30 Å². The summed E-state index contributed by atoms with van der Waals surface area (Å²) in [6.07, 6.45) is 8.04. The normalized spacial score (nSPS) is 11.5. The van der Waals surface area contributed by atoms with E-state index in [1.165, 1.54) is 22.3 Å². The van der Waals surface area contributed by atoms with Crippen LogP contribution in [0, 0.1) is 37.8 Å². The third kappa shape index (κ3) is 6.75. The SMILES string of the molecule is Cc1ccnc(-n2c3[c-]c(Oc4[c-]c(-n5cc(-c6c(C)cc(CC(C)C)cc6CC(C)C)cn5)ccc4)ccc3c3ccccc32)c1.[Pt+2]. The molecular formula is C42H40N4OPt. The van der Waals surface area contributed by atoms with Crippen molar-refractivity contribution in [3.63, 3.8) is 0 Å². The van der Waals surface area contributed by atoms with Crippen LogP contribution in [0.1, 0.15) is 49.9 Å². The van der Waals surface area contributed by atoms with Crippen LogP contribution in [0.3, 0.4) is 0 Å². The Balaban J connectivity index is 0.00000401. The van der Waals surface area contributed by atoms with E-state index in [4.69, 9.17) is 14.8 Å². The van der Waals surface area contributed by atoms with Crippen molar-refractivity contribution in [3.8, 4) is 34.1 Å². The van der Waals surface area contributed by atoms with Crippen LogP contribution in [-0.2, 0) is 33.9 Å². The second-order valence-corrected chi connectivity index (χ2v) is 13.4. The first kappa shape index (κ1) is 33.4. The van der Waals surface area contributed by atoms with E-state index in [0.29, 0.717) is 23.3 Å². The van der Waals surface area contributed by atoms with Crippen LogP contribution in [0.25, 0.3) is 44.4 Å². The monoisotopic (exact) mass is 811 g/mol. The molecule has 244 valence electrons. The number of fused-ring (bicyclic) bond motifs is 3. The summed E-state index contributed by atoms with van der Waals surface area (Å²) in [4.78, 5) is 4.69. The first-order chi connectivity index (χ1) is 22.7. The predicted octanol–water partition coefficient (Wildman–Crippen LogP) is 10.4. The van der Waals surface area contributed by atoms with Crippen LogP contribution in [0.5, 0.6) is 11.5 Å². The molecule has 4 aromatic carbocycles. The van der Waals surface area contributed by atoms with Gasteiger partial charge in [0.2, 0.25) is 0 Å². The van der Waals surface area contributed by atoms with E-state index in [0.717, 1.165) is 57.3 Å². The second-order valence-electron chi connectivity index (χ2n) is 13.4. The number of benzene rings is 4. The molecule has 7 rings (SSSR count). The number of aryl methyl sites for hydroxylation is 2. The summed E-state index contributed by atoms with van der Waals surface area (Å²) in [5.74, 6) is 3.24. The third-order valence-corrected chi connectivity index (χ3v) is 8.53. The number of aromatic nitrogens is 4. The van der Waals surface area contributed by atoms with Crippen molar-refractivity contribution in [1.29, 1.82) is 0 Å². The van der Waals surface area contributed by atoms with E-state index in [9.17, 15) is 0 Å². The van der Waals surface area contributed by atoms with Crippen molar-refractivity contribution < 1.29 is 25.8 Å². The fourth-order valence-electron chi connectivity index (χ4n) is 6.69. The predicted molar refractivity (Wildman–Crippen MR) is 192 cm³/mol. The van der Waals surface area contributed by atoms with Crippen LogP contribution < -0.4 is 4.74 Å². The number of hydrogen-bond acceptors (Lipinski definition) is 3. The second kappa shape index (κ2) is 13.9. The van der Waals surface area contributed by atoms with Gasteiger partial charge in [-0.05, 0) is 95.6 Å². The van der Waals surface area contributed by atoms with Gasteiger partial charge in [-0.25, -0.2) is 4.98 Å².